The van der Waals surface area contributed by atoms with Crippen molar-refractivity contribution in [3.63, 3.8) is 0 Å². The van der Waals surface area contributed by atoms with Gasteiger partial charge in [0, 0.05) is 0 Å². The van der Waals surface area contributed by atoms with E-state index in [2.05, 4.69) is 4.74 Å². The Kier molecular flexibility index (Phi) is 4.17. The molecule has 0 fully saturated rings. The summed E-state index contributed by atoms with van der Waals surface area (Å²) in [5.41, 5.74) is -0.374. The molecule has 1 aromatic carbocycles. The molecule has 0 amide bonds. The molecule has 0 atom stereocenters. The van der Waals surface area contributed by atoms with E-state index in [1.807, 2.05) is 13.8 Å². The first-order valence-corrected chi connectivity index (χ1v) is 5.21. The van der Waals surface area contributed by atoms with E-state index in [-0.39, 0.29) is 5.92 Å². The van der Waals surface area contributed by atoms with Gasteiger partial charge in [-0.05, 0) is 30.0 Å². The Morgan fingerprint density at radius 3 is 2.39 bits per heavy atom. The lowest BCUT2D eigenvalue weighted by molar-refractivity contribution is -0.274. The number of nitrogens with zero attached hydrogens (tertiary/aromatic N) is 1. The molecule has 0 aliphatic rings. The highest BCUT2D eigenvalue weighted by molar-refractivity contribution is 5.46. The second-order valence-electron chi connectivity index (χ2n) is 4.21. The van der Waals surface area contributed by atoms with E-state index in [9.17, 15) is 17.6 Å². The maximum absolute atomic E-state index is 13.5. The minimum atomic E-state index is -4.95. The van der Waals surface area contributed by atoms with Crippen molar-refractivity contribution in [2.45, 2.75) is 26.6 Å². The van der Waals surface area contributed by atoms with Gasteiger partial charge in [-0.1, -0.05) is 13.8 Å². The Labute approximate surface area is 102 Å². The lowest BCUT2D eigenvalue weighted by Crippen LogP contribution is -2.18. The number of benzene rings is 1. The summed E-state index contributed by atoms with van der Waals surface area (Å²) in [5, 5.41) is 8.63. The summed E-state index contributed by atoms with van der Waals surface area (Å²) in [5.74, 6) is -1.65. The highest BCUT2D eigenvalue weighted by Crippen LogP contribution is 2.29. The van der Waals surface area contributed by atoms with Crippen molar-refractivity contribution in [1.29, 1.82) is 5.26 Å². The molecule has 18 heavy (non-hydrogen) atoms. The van der Waals surface area contributed by atoms with Crippen LogP contribution in [0.4, 0.5) is 17.6 Å². The van der Waals surface area contributed by atoms with Crippen LogP contribution in [0.2, 0.25) is 0 Å². The summed E-state index contributed by atoms with van der Waals surface area (Å²) in [7, 11) is 0. The maximum Gasteiger partial charge on any atom is 0.573 e. The molecule has 0 N–H and O–H groups in total. The fourth-order valence-corrected chi connectivity index (χ4v) is 1.54. The lowest BCUT2D eigenvalue weighted by Gasteiger charge is -2.13. The maximum atomic E-state index is 13.5. The van der Waals surface area contributed by atoms with E-state index < -0.39 is 23.5 Å². The Morgan fingerprint density at radius 1 is 1.33 bits per heavy atom. The Hall–Kier alpha value is -1.77. The zero-order valence-electron chi connectivity index (χ0n) is 9.81. The van der Waals surface area contributed by atoms with Gasteiger partial charge in [0.15, 0.2) is 5.75 Å². The smallest absolute Gasteiger partial charge is 0.404 e. The summed E-state index contributed by atoms with van der Waals surface area (Å²) in [4.78, 5) is 0. The van der Waals surface area contributed by atoms with E-state index in [0.717, 1.165) is 12.1 Å². The quantitative estimate of drug-likeness (QED) is 0.775. The summed E-state index contributed by atoms with van der Waals surface area (Å²) in [6.45, 7) is 3.70. The lowest BCUT2D eigenvalue weighted by atomic mass is 10.0. The van der Waals surface area contributed by atoms with Gasteiger partial charge in [0.05, 0.1) is 0 Å². The molecule has 2 nitrogen and oxygen atoms in total. The fraction of sp³-hybridized carbons (Fsp3) is 0.417. The number of nitriles is 1. The molecule has 0 bridgehead atoms. The summed E-state index contributed by atoms with van der Waals surface area (Å²) >= 11 is 0. The van der Waals surface area contributed by atoms with Gasteiger partial charge in [0.1, 0.15) is 17.4 Å². The normalized spacial score (nSPS) is 11.4. The van der Waals surface area contributed by atoms with E-state index in [1.54, 1.807) is 0 Å². The zero-order chi connectivity index (χ0) is 13.9. The molecule has 98 valence electrons. The molecule has 0 radical (unpaired) electrons. The Morgan fingerprint density at radius 2 is 1.94 bits per heavy atom. The second-order valence-corrected chi connectivity index (χ2v) is 4.21. The molecule has 0 saturated heterocycles. The fourth-order valence-electron chi connectivity index (χ4n) is 1.54. The monoisotopic (exact) mass is 261 g/mol. The molecule has 0 unspecified atom stereocenters. The average molecular weight is 261 g/mol. The molecule has 1 rings (SSSR count). The number of halogens is 4. The van der Waals surface area contributed by atoms with Gasteiger partial charge in [-0.2, -0.15) is 5.26 Å². The third-order valence-electron chi connectivity index (χ3n) is 2.10. The SMILES string of the molecule is CC(C)Cc1cc(F)c(C#N)c(OC(F)(F)F)c1. The van der Waals surface area contributed by atoms with Crippen LogP contribution >= 0.6 is 0 Å². The molecular weight excluding hydrogens is 250 g/mol. The number of rotatable bonds is 3. The van der Waals surface area contributed by atoms with Crippen LogP contribution in [0.1, 0.15) is 25.0 Å². The topological polar surface area (TPSA) is 33.0 Å². The van der Waals surface area contributed by atoms with Crippen molar-refractivity contribution in [2.24, 2.45) is 5.92 Å². The van der Waals surface area contributed by atoms with Crippen molar-refractivity contribution in [2.75, 3.05) is 0 Å². The van der Waals surface area contributed by atoms with Crippen molar-refractivity contribution in [3.8, 4) is 11.8 Å². The highest BCUT2D eigenvalue weighted by atomic mass is 19.4. The standard InChI is InChI=1S/C12H11F4NO/c1-7(2)3-8-4-10(13)9(6-17)11(5-8)18-12(14,15)16/h4-5,7H,3H2,1-2H3. The minimum absolute atomic E-state index is 0.149. The first kappa shape index (κ1) is 14.3. The van der Waals surface area contributed by atoms with Gasteiger partial charge in [-0.25, -0.2) is 4.39 Å². The molecule has 0 aliphatic heterocycles. The first-order valence-electron chi connectivity index (χ1n) is 5.21. The van der Waals surface area contributed by atoms with E-state index >= 15 is 0 Å². The van der Waals surface area contributed by atoms with E-state index in [1.165, 1.54) is 6.07 Å². The summed E-state index contributed by atoms with van der Waals surface area (Å²) in [6, 6.07) is 3.48. The largest absolute Gasteiger partial charge is 0.573 e. The van der Waals surface area contributed by atoms with Gasteiger partial charge in [-0.3, -0.25) is 0 Å². The van der Waals surface area contributed by atoms with Crippen LogP contribution in [0, 0.1) is 23.1 Å². The number of hydrogen-bond donors (Lipinski definition) is 0. The van der Waals surface area contributed by atoms with Gasteiger partial charge in [0.25, 0.3) is 0 Å². The van der Waals surface area contributed by atoms with E-state index in [4.69, 9.17) is 5.26 Å². The van der Waals surface area contributed by atoms with E-state index in [0.29, 0.717) is 12.0 Å². The Balaban J connectivity index is 3.20. The third kappa shape index (κ3) is 3.91. The second kappa shape index (κ2) is 5.25. The van der Waals surface area contributed by atoms with Crippen molar-refractivity contribution < 1.29 is 22.3 Å². The molecule has 0 saturated carbocycles. The minimum Gasteiger partial charge on any atom is -0.404 e. The van der Waals surface area contributed by atoms with Gasteiger partial charge in [0.2, 0.25) is 0 Å². The van der Waals surface area contributed by atoms with Crippen LogP contribution in [0.3, 0.4) is 0 Å². The zero-order valence-corrected chi connectivity index (χ0v) is 9.81. The molecule has 0 spiro atoms. The number of alkyl halides is 3. The highest BCUT2D eigenvalue weighted by Gasteiger charge is 2.33. The van der Waals surface area contributed by atoms with Gasteiger partial charge in [-0.15, -0.1) is 13.2 Å². The van der Waals surface area contributed by atoms with Gasteiger partial charge >= 0.3 is 6.36 Å². The predicted octanol–water partition coefficient (Wildman–Crippen LogP) is 3.79. The van der Waals surface area contributed by atoms with Crippen LogP contribution in [0.25, 0.3) is 0 Å². The average Bonchev–Trinajstić information content (AvgIpc) is 2.13. The molecule has 0 aliphatic carbocycles. The van der Waals surface area contributed by atoms with Gasteiger partial charge < -0.3 is 4.74 Å². The predicted molar refractivity (Wildman–Crippen MR) is 56.3 cm³/mol. The molecular formula is C12H11F4NO. The van der Waals surface area contributed by atoms with Crippen LogP contribution in [-0.4, -0.2) is 6.36 Å². The molecule has 1 aromatic rings. The molecule has 0 aromatic heterocycles. The number of ether oxygens (including phenoxy) is 1. The summed E-state index contributed by atoms with van der Waals surface area (Å²) < 4.78 is 53.5. The molecule has 6 heteroatoms. The molecule has 0 heterocycles. The number of hydrogen-bond acceptors (Lipinski definition) is 2. The summed E-state index contributed by atoms with van der Waals surface area (Å²) in [6.07, 6.45) is -4.55. The van der Waals surface area contributed by atoms with Crippen molar-refractivity contribution >= 4 is 0 Å². The van der Waals surface area contributed by atoms with Crippen LogP contribution in [0.5, 0.6) is 5.75 Å². The van der Waals surface area contributed by atoms with Crippen molar-refractivity contribution in [3.05, 3.63) is 29.1 Å². The van der Waals surface area contributed by atoms with Crippen LogP contribution in [0.15, 0.2) is 12.1 Å². The first-order chi connectivity index (χ1) is 8.23. The Bertz CT molecular complexity index is 474. The third-order valence-corrected chi connectivity index (χ3v) is 2.10. The van der Waals surface area contributed by atoms with Crippen molar-refractivity contribution in [1.82, 2.24) is 0 Å². The van der Waals surface area contributed by atoms with Crippen LogP contribution < -0.4 is 4.74 Å². The van der Waals surface area contributed by atoms with Crippen LogP contribution in [-0.2, 0) is 6.42 Å².